The molecule has 1 aromatic rings. The molecular weight excluding hydrogens is 279 g/mol. The minimum Gasteiger partial charge on any atom is -0.490 e. The fourth-order valence-electron chi connectivity index (χ4n) is 3.41. The van der Waals surface area contributed by atoms with Gasteiger partial charge in [0.25, 0.3) is 0 Å². The van der Waals surface area contributed by atoms with Gasteiger partial charge in [0.15, 0.2) is 0 Å². The van der Waals surface area contributed by atoms with E-state index in [4.69, 9.17) is 21.1 Å². The fraction of sp³-hybridized carbons (Fsp3) is 0.625. The van der Waals surface area contributed by atoms with Gasteiger partial charge in [-0.05, 0) is 30.5 Å². The Morgan fingerprint density at radius 3 is 2.85 bits per heavy atom. The van der Waals surface area contributed by atoms with E-state index in [1.54, 1.807) is 0 Å². The Morgan fingerprint density at radius 1 is 1.30 bits per heavy atom. The second kappa shape index (κ2) is 5.90. The lowest BCUT2D eigenvalue weighted by Crippen LogP contribution is -2.41. The summed E-state index contributed by atoms with van der Waals surface area (Å²) in [5.74, 6) is 0.590. The van der Waals surface area contributed by atoms with E-state index in [1.165, 1.54) is 25.0 Å². The first-order valence-electron chi connectivity index (χ1n) is 7.35. The van der Waals surface area contributed by atoms with Crippen molar-refractivity contribution in [1.29, 1.82) is 0 Å². The molecule has 1 aliphatic carbocycles. The maximum atomic E-state index is 13.5. The van der Waals surface area contributed by atoms with Gasteiger partial charge in [0.1, 0.15) is 17.7 Å². The normalized spacial score (nSPS) is 25.0. The summed E-state index contributed by atoms with van der Waals surface area (Å²) in [4.78, 5) is 0. The van der Waals surface area contributed by atoms with Gasteiger partial charge < -0.3 is 9.47 Å². The molecule has 0 amide bonds. The molecule has 0 aromatic heterocycles. The molecule has 3 rings (SSSR count). The molecular formula is C16H20ClFO2. The molecule has 4 heteroatoms. The van der Waals surface area contributed by atoms with Gasteiger partial charge in [-0.1, -0.05) is 12.8 Å². The SMILES string of the molecule is Fc1cc(CCl)cc(OC2CCOC3(CCCC3)C2)c1. The smallest absolute Gasteiger partial charge is 0.127 e. The van der Waals surface area contributed by atoms with Gasteiger partial charge in [-0.25, -0.2) is 4.39 Å². The molecule has 1 saturated heterocycles. The van der Waals surface area contributed by atoms with Crippen LogP contribution in [0.3, 0.4) is 0 Å². The summed E-state index contributed by atoms with van der Waals surface area (Å²) in [5.41, 5.74) is 0.773. The molecule has 0 N–H and O–H groups in total. The fourth-order valence-corrected chi connectivity index (χ4v) is 3.56. The Kier molecular flexibility index (Phi) is 4.18. The topological polar surface area (TPSA) is 18.5 Å². The molecule has 110 valence electrons. The quantitative estimate of drug-likeness (QED) is 0.768. The first-order valence-corrected chi connectivity index (χ1v) is 7.89. The van der Waals surface area contributed by atoms with Crippen LogP contribution in [0, 0.1) is 5.82 Å². The van der Waals surface area contributed by atoms with E-state index in [9.17, 15) is 4.39 Å². The van der Waals surface area contributed by atoms with E-state index < -0.39 is 0 Å². The average Bonchev–Trinajstić information content (AvgIpc) is 2.86. The number of hydrogen-bond acceptors (Lipinski definition) is 2. The summed E-state index contributed by atoms with van der Waals surface area (Å²) < 4.78 is 25.5. The van der Waals surface area contributed by atoms with E-state index >= 15 is 0 Å². The molecule has 20 heavy (non-hydrogen) atoms. The van der Waals surface area contributed by atoms with Gasteiger partial charge in [-0.15, -0.1) is 11.6 Å². The number of hydrogen-bond donors (Lipinski definition) is 0. The van der Waals surface area contributed by atoms with Crippen LogP contribution in [0.25, 0.3) is 0 Å². The molecule has 2 fully saturated rings. The summed E-state index contributed by atoms with van der Waals surface area (Å²) >= 11 is 5.77. The van der Waals surface area contributed by atoms with Gasteiger partial charge in [0.2, 0.25) is 0 Å². The molecule has 1 aliphatic heterocycles. The van der Waals surface area contributed by atoms with Crippen LogP contribution < -0.4 is 4.74 Å². The highest BCUT2D eigenvalue weighted by molar-refractivity contribution is 6.17. The summed E-state index contributed by atoms with van der Waals surface area (Å²) in [6, 6.07) is 4.71. The standard InChI is InChI=1S/C16H20ClFO2/c17-11-12-7-13(18)9-15(8-12)20-14-3-6-19-16(10-14)4-1-2-5-16/h7-9,14H,1-6,10-11H2. The Bertz CT molecular complexity index is 472. The molecule has 1 aromatic carbocycles. The van der Waals surface area contributed by atoms with E-state index in [2.05, 4.69) is 0 Å². The minimum absolute atomic E-state index is 0.0194. The lowest BCUT2D eigenvalue weighted by atomic mass is 9.90. The molecule has 1 heterocycles. The maximum Gasteiger partial charge on any atom is 0.127 e. The van der Waals surface area contributed by atoms with Gasteiger partial charge in [-0.3, -0.25) is 0 Å². The first kappa shape index (κ1) is 14.2. The lowest BCUT2D eigenvalue weighted by Gasteiger charge is -2.38. The number of halogens is 2. The zero-order valence-electron chi connectivity index (χ0n) is 11.5. The van der Waals surface area contributed by atoms with E-state index in [0.29, 0.717) is 11.6 Å². The largest absolute Gasteiger partial charge is 0.490 e. The van der Waals surface area contributed by atoms with Crippen molar-refractivity contribution in [3.05, 3.63) is 29.6 Å². The Labute approximate surface area is 124 Å². The number of alkyl halides is 1. The summed E-state index contributed by atoms with van der Waals surface area (Å²) in [5, 5.41) is 0. The van der Waals surface area contributed by atoms with Gasteiger partial charge >= 0.3 is 0 Å². The second-order valence-corrected chi connectivity index (χ2v) is 6.17. The number of benzene rings is 1. The highest BCUT2D eigenvalue weighted by Gasteiger charge is 2.40. The molecule has 0 bridgehead atoms. The summed E-state index contributed by atoms with van der Waals surface area (Å²) in [6.07, 6.45) is 6.64. The highest BCUT2D eigenvalue weighted by atomic mass is 35.5. The lowest BCUT2D eigenvalue weighted by molar-refractivity contribution is -0.108. The number of ether oxygens (including phenoxy) is 2. The second-order valence-electron chi connectivity index (χ2n) is 5.90. The summed E-state index contributed by atoms with van der Waals surface area (Å²) in [6.45, 7) is 0.738. The first-order chi connectivity index (χ1) is 9.69. The molecule has 2 aliphatic rings. The van der Waals surface area contributed by atoms with Crippen molar-refractivity contribution in [3.8, 4) is 5.75 Å². The third-order valence-electron chi connectivity index (χ3n) is 4.35. The predicted molar refractivity (Wildman–Crippen MR) is 76.8 cm³/mol. The third kappa shape index (κ3) is 3.09. The van der Waals surface area contributed by atoms with Crippen molar-refractivity contribution in [2.45, 2.75) is 56.1 Å². The zero-order chi connectivity index (χ0) is 14.0. The molecule has 1 atom stereocenters. The van der Waals surface area contributed by atoms with Crippen LogP contribution >= 0.6 is 11.6 Å². The molecule has 1 spiro atoms. The molecule has 1 unspecified atom stereocenters. The van der Waals surface area contributed by atoms with E-state index in [0.717, 1.165) is 37.9 Å². The number of rotatable bonds is 3. The van der Waals surface area contributed by atoms with Gasteiger partial charge in [0, 0.05) is 24.8 Å². The van der Waals surface area contributed by atoms with Crippen LogP contribution in [0.1, 0.15) is 44.1 Å². The van der Waals surface area contributed by atoms with Crippen molar-refractivity contribution in [1.82, 2.24) is 0 Å². The maximum absolute atomic E-state index is 13.5. The third-order valence-corrected chi connectivity index (χ3v) is 4.66. The average molecular weight is 299 g/mol. The van der Waals surface area contributed by atoms with Crippen LogP contribution in [0.15, 0.2) is 18.2 Å². The summed E-state index contributed by atoms with van der Waals surface area (Å²) in [7, 11) is 0. The van der Waals surface area contributed by atoms with Crippen molar-refractivity contribution >= 4 is 11.6 Å². The zero-order valence-corrected chi connectivity index (χ0v) is 12.3. The molecule has 1 saturated carbocycles. The van der Waals surface area contributed by atoms with Crippen molar-refractivity contribution in [2.24, 2.45) is 0 Å². The van der Waals surface area contributed by atoms with E-state index in [-0.39, 0.29) is 17.5 Å². The van der Waals surface area contributed by atoms with Crippen molar-refractivity contribution in [3.63, 3.8) is 0 Å². The molecule has 0 radical (unpaired) electrons. The molecule has 2 nitrogen and oxygen atoms in total. The van der Waals surface area contributed by atoms with Crippen molar-refractivity contribution in [2.75, 3.05) is 6.61 Å². The van der Waals surface area contributed by atoms with Gasteiger partial charge in [0.05, 0.1) is 12.2 Å². The minimum atomic E-state index is -0.291. The Balaban J connectivity index is 1.69. The van der Waals surface area contributed by atoms with E-state index in [1.807, 2.05) is 6.07 Å². The van der Waals surface area contributed by atoms with Crippen LogP contribution in [-0.2, 0) is 10.6 Å². The Hall–Kier alpha value is -0.800. The monoisotopic (exact) mass is 298 g/mol. The van der Waals surface area contributed by atoms with Crippen LogP contribution in [0.4, 0.5) is 4.39 Å². The van der Waals surface area contributed by atoms with Crippen LogP contribution in [0.5, 0.6) is 5.75 Å². The highest BCUT2D eigenvalue weighted by Crippen LogP contribution is 2.41. The predicted octanol–water partition coefficient (Wildman–Crippen LogP) is 4.44. The Morgan fingerprint density at radius 2 is 2.10 bits per heavy atom. The van der Waals surface area contributed by atoms with Crippen LogP contribution in [0.2, 0.25) is 0 Å². The van der Waals surface area contributed by atoms with Crippen molar-refractivity contribution < 1.29 is 13.9 Å². The van der Waals surface area contributed by atoms with Crippen LogP contribution in [-0.4, -0.2) is 18.3 Å². The van der Waals surface area contributed by atoms with Gasteiger partial charge in [-0.2, -0.15) is 0 Å².